The lowest BCUT2D eigenvalue weighted by molar-refractivity contribution is -0.122. The molecule has 3 rings (SSSR count). The minimum atomic E-state index is -4.22. The highest BCUT2D eigenvalue weighted by Gasteiger charge is 2.24. The number of rotatable bonds is 8. The molecule has 0 saturated heterocycles. The van der Waals surface area contributed by atoms with Crippen molar-refractivity contribution < 1.29 is 26.8 Å². The number of nitrogens with one attached hydrogen (secondary N) is 3. The Morgan fingerprint density at radius 2 is 1.64 bits per heavy atom. The molecule has 0 aliphatic rings. The number of carbonyl (C=O) groups is 2. The van der Waals surface area contributed by atoms with Crippen LogP contribution in [-0.4, -0.2) is 26.3 Å². The summed E-state index contributed by atoms with van der Waals surface area (Å²) in [5.41, 5.74) is 1.39. The molecule has 0 aliphatic carbocycles. The third kappa shape index (κ3) is 6.43. The van der Waals surface area contributed by atoms with Gasteiger partial charge >= 0.3 is 0 Å². The molecule has 0 aromatic heterocycles. The van der Waals surface area contributed by atoms with Crippen LogP contribution in [0.25, 0.3) is 0 Å². The van der Waals surface area contributed by atoms with Crippen molar-refractivity contribution in [1.82, 2.24) is 10.0 Å². The van der Waals surface area contributed by atoms with Gasteiger partial charge in [-0.2, -0.15) is 4.72 Å². The molecule has 0 heterocycles. The van der Waals surface area contributed by atoms with E-state index in [-0.39, 0.29) is 12.1 Å². The first-order valence-corrected chi connectivity index (χ1v) is 11.3. The zero-order valence-electron chi connectivity index (χ0n) is 17.5. The molecule has 0 spiro atoms. The highest BCUT2D eigenvalue weighted by Crippen LogP contribution is 2.15. The fourth-order valence-corrected chi connectivity index (χ4v) is 4.20. The van der Waals surface area contributed by atoms with Crippen LogP contribution in [0, 0.1) is 11.6 Å². The SMILES string of the molecule is C[C@H](NS(=O)(=O)c1ccccc1F)C(=O)NCc1cccc(NC(=O)c2ccc(F)cc2)c1. The maximum Gasteiger partial charge on any atom is 0.255 e. The molecular weight excluding hydrogens is 452 g/mol. The molecule has 2 amide bonds. The van der Waals surface area contributed by atoms with Crippen LogP contribution in [0.5, 0.6) is 0 Å². The Balaban J connectivity index is 1.58. The Hall–Kier alpha value is -3.63. The van der Waals surface area contributed by atoms with Crippen LogP contribution in [0.3, 0.4) is 0 Å². The second-order valence-electron chi connectivity index (χ2n) is 7.15. The second kappa shape index (κ2) is 10.3. The average Bonchev–Trinajstić information content (AvgIpc) is 2.78. The Morgan fingerprint density at radius 1 is 0.939 bits per heavy atom. The summed E-state index contributed by atoms with van der Waals surface area (Å²) in [5, 5.41) is 5.27. The van der Waals surface area contributed by atoms with Crippen LogP contribution in [-0.2, 0) is 21.4 Å². The van der Waals surface area contributed by atoms with Gasteiger partial charge in [0.1, 0.15) is 16.5 Å². The minimum Gasteiger partial charge on any atom is -0.351 e. The monoisotopic (exact) mass is 473 g/mol. The summed E-state index contributed by atoms with van der Waals surface area (Å²) in [7, 11) is -4.22. The lowest BCUT2D eigenvalue weighted by atomic mass is 10.1. The third-order valence-electron chi connectivity index (χ3n) is 4.61. The maximum atomic E-state index is 13.8. The minimum absolute atomic E-state index is 0.0604. The van der Waals surface area contributed by atoms with Crippen molar-refractivity contribution in [2.45, 2.75) is 24.4 Å². The van der Waals surface area contributed by atoms with Gasteiger partial charge < -0.3 is 10.6 Å². The first kappa shape index (κ1) is 24.0. The lowest BCUT2D eigenvalue weighted by Crippen LogP contribution is -2.44. The number of amides is 2. The highest BCUT2D eigenvalue weighted by atomic mass is 32.2. The van der Waals surface area contributed by atoms with E-state index in [1.165, 1.54) is 43.3 Å². The number of hydrogen-bond acceptors (Lipinski definition) is 4. The smallest absolute Gasteiger partial charge is 0.255 e. The summed E-state index contributed by atoms with van der Waals surface area (Å²) in [6.07, 6.45) is 0. The first-order chi connectivity index (χ1) is 15.7. The molecule has 7 nitrogen and oxygen atoms in total. The molecule has 33 heavy (non-hydrogen) atoms. The summed E-state index contributed by atoms with van der Waals surface area (Å²) in [6, 6.07) is 15.5. The van der Waals surface area contributed by atoms with Gasteiger partial charge in [0.25, 0.3) is 5.91 Å². The normalized spacial score (nSPS) is 12.1. The van der Waals surface area contributed by atoms with Gasteiger partial charge in [0, 0.05) is 17.8 Å². The second-order valence-corrected chi connectivity index (χ2v) is 8.83. The van der Waals surface area contributed by atoms with Crippen molar-refractivity contribution >= 4 is 27.5 Å². The molecule has 0 radical (unpaired) electrons. The molecule has 172 valence electrons. The molecule has 10 heteroatoms. The fraction of sp³-hybridized carbons (Fsp3) is 0.130. The number of halogens is 2. The van der Waals surface area contributed by atoms with Gasteiger partial charge in [0.15, 0.2) is 0 Å². The van der Waals surface area contributed by atoms with Crippen molar-refractivity contribution in [3.05, 3.63) is 95.6 Å². The first-order valence-electron chi connectivity index (χ1n) is 9.86. The van der Waals surface area contributed by atoms with E-state index in [1.54, 1.807) is 24.3 Å². The predicted molar refractivity (Wildman–Crippen MR) is 119 cm³/mol. The Bertz CT molecular complexity index is 1260. The van der Waals surface area contributed by atoms with E-state index in [9.17, 15) is 26.8 Å². The summed E-state index contributed by atoms with van der Waals surface area (Å²) in [5.74, 6) is -2.41. The largest absolute Gasteiger partial charge is 0.351 e. The number of benzene rings is 3. The Labute approximate surface area is 189 Å². The molecule has 0 unspecified atom stereocenters. The van der Waals surface area contributed by atoms with Crippen LogP contribution in [0.2, 0.25) is 0 Å². The van der Waals surface area contributed by atoms with Crippen LogP contribution in [0.15, 0.2) is 77.7 Å². The van der Waals surface area contributed by atoms with E-state index in [4.69, 9.17) is 0 Å². The Kier molecular flexibility index (Phi) is 7.52. The molecule has 1 atom stereocenters. The number of hydrogen-bond donors (Lipinski definition) is 3. The van der Waals surface area contributed by atoms with E-state index < -0.39 is 44.4 Å². The van der Waals surface area contributed by atoms with Crippen molar-refractivity contribution in [2.75, 3.05) is 5.32 Å². The van der Waals surface area contributed by atoms with Gasteiger partial charge in [-0.15, -0.1) is 0 Å². The average molecular weight is 474 g/mol. The third-order valence-corrected chi connectivity index (χ3v) is 6.18. The van der Waals surface area contributed by atoms with Gasteiger partial charge in [0.05, 0.1) is 6.04 Å². The van der Waals surface area contributed by atoms with Crippen molar-refractivity contribution in [3.63, 3.8) is 0 Å². The quantitative estimate of drug-likeness (QED) is 0.467. The zero-order valence-corrected chi connectivity index (χ0v) is 18.3. The zero-order chi connectivity index (χ0) is 24.0. The number of anilines is 1. The fourth-order valence-electron chi connectivity index (χ4n) is 2.92. The van der Waals surface area contributed by atoms with Crippen molar-refractivity contribution in [2.24, 2.45) is 0 Å². The van der Waals surface area contributed by atoms with E-state index in [0.717, 1.165) is 12.1 Å². The van der Waals surface area contributed by atoms with E-state index in [2.05, 4.69) is 15.4 Å². The Morgan fingerprint density at radius 3 is 2.33 bits per heavy atom. The van der Waals surface area contributed by atoms with Gasteiger partial charge in [-0.25, -0.2) is 17.2 Å². The molecule has 3 aromatic rings. The standard InChI is InChI=1S/C23H21F2N3O4S/c1-15(28-33(31,32)21-8-3-2-7-20(21)25)22(29)26-14-16-5-4-6-19(13-16)27-23(30)17-9-11-18(24)12-10-17/h2-13,15,28H,14H2,1H3,(H,26,29)(H,27,30)/t15-/m0/s1. The van der Waals surface area contributed by atoms with Crippen molar-refractivity contribution in [1.29, 1.82) is 0 Å². The summed E-state index contributed by atoms with van der Waals surface area (Å²) in [6.45, 7) is 1.40. The van der Waals surface area contributed by atoms with Crippen molar-refractivity contribution in [3.8, 4) is 0 Å². The van der Waals surface area contributed by atoms with Gasteiger partial charge in [0.2, 0.25) is 15.9 Å². The molecule has 0 fully saturated rings. The molecular formula is C23H21F2N3O4S. The summed E-state index contributed by atoms with van der Waals surface area (Å²) < 4.78 is 53.6. The molecule has 0 bridgehead atoms. The molecule has 3 aromatic carbocycles. The molecule has 3 N–H and O–H groups in total. The summed E-state index contributed by atoms with van der Waals surface area (Å²) in [4.78, 5) is 24.1. The van der Waals surface area contributed by atoms with Gasteiger partial charge in [-0.1, -0.05) is 24.3 Å². The highest BCUT2D eigenvalue weighted by molar-refractivity contribution is 7.89. The number of carbonyl (C=O) groups excluding carboxylic acids is 2. The molecule has 0 aliphatic heterocycles. The van der Waals surface area contributed by atoms with Crippen LogP contribution < -0.4 is 15.4 Å². The topological polar surface area (TPSA) is 104 Å². The predicted octanol–water partition coefficient (Wildman–Crippen LogP) is 3.20. The molecule has 0 saturated carbocycles. The van der Waals surface area contributed by atoms with E-state index in [0.29, 0.717) is 11.3 Å². The summed E-state index contributed by atoms with van der Waals surface area (Å²) >= 11 is 0. The van der Waals surface area contributed by atoms with E-state index >= 15 is 0 Å². The van der Waals surface area contributed by atoms with Crippen LogP contribution >= 0.6 is 0 Å². The van der Waals surface area contributed by atoms with Crippen LogP contribution in [0.4, 0.5) is 14.5 Å². The van der Waals surface area contributed by atoms with Crippen LogP contribution in [0.1, 0.15) is 22.8 Å². The van der Waals surface area contributed by atoms with E-state index in [1.807, 2.05) is 0 Å². The lowest BCUT2D eigenvalue weighted by Gasteiger charge is -2.15. The number of sulfonamides is 1. The van der Waals surface area contributed by atoms with Gasteiger partial charge in [-0.3, -0.25) is 9.59 Å². The van der Waals surface area contributed by atoms with Gasteiger partial charge in [-0.05, 0) is 61.0 Å². The maximum absolute atomic E-state index is 13.8.